The lowest BCUT2D eigenvalue weighted by Crippen LogP contribution is -2.61. The van der Waals surface area contributed by atoms with E-state index in [1.807, 2.05) is 32.9 Å². The van der Waals surface area contributed by atoms with E-state index in [0.29, 0.717) is 32.5 Å². The highest BCUT2D eigenvalue weighted by atomic mass is 32.2. The molecule has 0 aromatic heterocycles. The number of fused-ring (bicyclic) bond motifs is 3. The van der Waals surface area contributed by atoms with E-state index in [1.165, 1.54) is 16.5 Å². The zero-order valence-electron chi connectivity index (χ0n) is 30.6. The lowest BCUT2D eigenvalue weighted by atomic mass is 9.85. The van der Waals surface area contributed by atoms with Crippen LogP contribution in [0.1, 0.15) is 88.8 Å². The molecule has 0 unspecified atom stereocenters. The third kappa shape index (κ3) is 7.79. The molecule has 284 valence electrons. The Morgan fingerprint density at radius 3 is 2.44 bits per heavy atom. The third-order valence-corrected chi connectivity index (χ3v) is 12.9. The van der Waals surface area contributed by atoms with Crippen LogP contribution in [-0.4, -0.2) is 102 Å². The van der Waals surface area contributed by atoms with Crippen molar-refractivity contribution in [1.29, 1.82) is 0 Å². The van der Waals surface area contributed by atoms with Crippen LogP contribution in [0, 0.1) is 11.3 Å². The van der Waals surface area contributed by atoms with Gasteiger partial charge in [-0.25, -0.2) is 18.0 Å². The zero-order valence-corrected chi connectivity index (χ0v) is 31.4. The average molecular weight is 741 g/mol. The Labute approximate surface area is 306 Å². The molecule has 15 heteroatoms. The van der Waals surface area contributed by atoms with E-state index in [2.05, 4.69) is 28.0 Å². The van der Waals surface area contributed by atoms with Gasteiger partial charge in [0, 0.05) is 39.0 Å². The van der Waals surface area contributed by atoms with E-state index in [4.69, 9.17) is 4.74 Å². The molecule has 14 nitrogen and oxygen atoms in total. The van der Waals surface area contributed by atoms with Gasteiger partial charge >= 0.3 is 12.1 Å². The van der Waals surface area contributed by atoms with Gasteiger partial charge in [0.25, 0.3) is 5.91 Å². The fourth-order valence-electron chi connectivity index (χ4n) is 7.63. The highest BCUT2D eigenvalue weighted by Crippen LogP contribution is 2.45. The molecule has 6 amide bonds. The number of hydrogen-bond acceptors (Lipinski definition) is 8. The number of urea groups is 1. The Hall–Kier alpha value is -4.14. The Morgan fingerprint density at radius 2 is 1.77 bits per heavy atom. The minimum absolute atomic E-state index is 0.0586. The summed E-state index contributed by atoms with van der Waals surface area (Å²) >= 11 is 0. The summed E-state index contributed by atoms with van der Waals surface area (Å²) < 4.78 is 33.5. The molecule has 3 heterocycles. The summed E-state index contributed by atoms with van der Waals surface area (Å²) in [4.78, 5) is 73.7. The van der Waals surface area contributed by atoms with Crippen LogP contribution in [0.25, 0.3) is 0 Å². The molecule has 2 saturated carbocycles. The van der Waals surface area contributed by atoms with E-state index < -0.39 is 80.2 Å². The molecule has 3 aliphatic heterocycles. The molecule has 6 rings (SSSR count). The fourth-order valence-corrected chi connectivity index (χ4v) is 9.00. The second kappa shape index (κ2) is 14.4. The van der Waals surface area contributed by atoms with E-state index >= 15 is 0 Å². The number of rotatable bonds is 6. The van der Waals surface area contributed by atoms with Crippen molar-refractivity contribution >= 4 is 39.9 Å². The minimum Gasteiger partial charge on any atom is -0.444 e. The molecule has 5 atom stereocenters. The maximum Gasteiger partial charge on any atom is 0.410 e. The number of carbonyl (C=O) groups is 5. The Bertz CT molecular complexity index is 1740. The predicted molar refractivity (Wildman–Crippen MR) is 192 cm³/mol. The van der Waals surface area contributed by atoms with E-state index in [1.54, 1.807) is 16.8 Å². The minimum atomic E-state index is -3.90. The summed E-state index contributed by atoms with van der Waals surface area (Å²) in [5.74, 6) is -2.61. The largest absolute Gasteiger partial charge is 0.444 e. The first-order chi connectivity index (χ1) is 24.5. The second-order valence-electron chi connectivity index (χ2n) is 16.2. The summed E-state index contributed by atoms with van der Waals surface area (Å²) in [6, 6.07) is 3.46. The number of amides is 6. The second-order valence-corrected chi connectivity index (χ2v) is 18.1. The quantitative estimate of drug-likeness (QED) is 0.374. The lowest BCUT2D eigenvalue weighted by Gasteiger charge is -2.36. The van der Waals surface area contributed by atoms with E-state index in [0.717, 1.165) is 43.2 Å². The van der Waals surface area contributed by atoms with Crippen LogP contribution in [0.2, 0.25) is 0 Å². The van der Waals surface area contributed by atoms with E-state index in [-0.39, 0.29) is 19.4 Å². The molecule has 4 bridgehead atoms. The lowest BCUT2D eigenvalue weighted by molar-refractivity contribution is -0.142. The molecule has 3 N–H and O–H groups in total. The van der Waals surface area contributed by atoms with Gasteiger partial charge in [-0.1, -0.05) is 57.9 Å². The van der Waals surface area contributed by atoms with Crippen molar-refractivity contribution in [3.8, 4) is 0 Å². The number of benzene rings is 1. The number of sulfonamides is 1. The topological polar surface area (TPSA) is 175 Å². The predicted octanol–water partition coefficient (Wildman–Crippen LogP) is 2.95. The van der Waals surface area contributed by atoms with Gasteiger partial charge in [-0.05, 0) is 60.6 Å². The first-order valence-corrected chi connectivity index (χ1v) is 20.0. The number of nitrogens with one attached hydrogen (secondary N) is 3. The van der Waals surface area contributed by atoms with Crippen LogP contribution >= 0.6 is 0 Å². The zero-order chi connectivity index (χ0) is 37.6. The number of nitrogens with zero attached hydrogens (tertiary/aromatic N) is 3. The van der Waals surface area contributed by atoms with E-state index in [9.17, 15) is 32.4 Å². The van der Waals surface area contributed by atoms with Crippen LogP contribution in [0.3, 0.4) is 0 Å². The standard InChI is InChI=1S/C37H52N6O8S/c1-6-25-19-37(25,33(46)40-52(49,50)27-15-16-27)39-31(44)29-18-26-21-43(29)32(45)30(36(2,3)4)38-34(47)41(5)17-10-8-7-9-12-23-13-11-14-24-20-42(22-28(23)24)35(48)51-26/h6,11,13-14,25-27,29-30H,1,7-10,12,15-22H2,2-5H3,(H,38,47)(H,39,44)(H,40,46)/t25-,26+,29-,30+,37+/m0/s1. The van der Waals surface area contributed by atoms with Crippen LogP contribution in [0.15, 0.2) is 30.9 Å². The Morgan fingerprint density at radius 1 is 1.06 bits per heavy atom. The highest BCUT2D eigenvalue weighted by molar-refractivity contribution is 7.91. The summed E-state index contributed by atoms with van der Waals surface area (Å²) in [7, 11) is -2.21. The van der Waals surface area contributed by atoms with Gasteiger partial charge < -0.3 is 25.2 Å². The van der Waals surface area contributed by atoms with Crippen molar-refractivity contribution in [2.24, 2.45) is 11.3 Å². The summed E-state index contributed by atoms with van der Waals surface area (Å²) in [5, 5.41) is 5.02. The van der Waals surface area contributed by atoms with Crippen LogP contribution in [-0.2, 0) is 48.7 Å². The van der Waals surface area contributed by atoms with Gasteiger partial charge in [-0.3, -0.25) is 24.0 Å². The first kappa shape index (κ1) is 37.6. The SMILES string of the molecule is C=C[C@H]1C[C@]1(NC(=O)[C@@H]1C[C@@H]2CN1C(=O)[C@H](C(C)(C)C)NC(=O)N(C)CCCCCCc1cccc3c1CN(C3)C(=O)O2)C(=O)NS(=O)(=O)C1CC1. The van der Waals surface area contributed by atoms with Crippen molar-refractivity contribution in [1.82, 2.24) is 30.1 Å². The smallest absolute Gasteiger partial charge is 0.410 e. The average Bonchev–Trinajstić information content (AvgIpc) is 3.97. The maximum absolute atomic E-state index is 14.5. The van der Waals surface area contributed by atoms with Gasteiger partial charge in [0.2, 0.25) is 21.8 Å². The normalized spacial score (nSPS) is 28.8. The monoisotopic (exact) mass is 740 g/mol. The maximum atomic E-state index is 14.5. The molecule has 52 heavy (non-hydrogen) atoms. The molecule has 5 aliphatic rings. The highest BCUT2D eigenvalue weighted by Gasteiger charge is 2.62. The molecular formula is C37H52N6O8S. The number of ether oxygens (including phenoxy) is 1. The van der Waals surface area contributed by atoms with Crippen molar-refractivity contribution < 1.29 is 37.1 Å². The molecule has 1 aromatic rings. The Kier molecular flexibility index (Phi) is 10.4. The van der Waals surface area contributed by atoms with Crippen molar-refractivity contribution in [3.05, 3.63) is 47.5 Å². The van der Waals surface area contributed by atoms with Gasteiger partial charge in [-0.15, -0.1) is 6.58 Å². The summed E-state index contributed by atoms with van der Waals surface area (Å²) in [6.45, 7) is 10.4. The Balaban J connectivity index is 1.28. The van der Waals surface area contributed by atoms with Crippen LogP contribution in [0.4, 0.5) is 9.59 Å². The molecule has 0 radical (unpaired) electrons. The third-order valence-electron chi connectivity index (χ3n) is 11.1. The number of carbonyl (C=O) groups excluding carboxylic acids is 5. The fraction of sp³-hybridized carbons (Fsp3) is 0.649. The van der Waals surface area contributed by atoms with Crippen molar-refractivity contribution in [2.75, 3.05) is 20.1 Å². The molecular weight excluding hydrogens is 689 g/mol. The molecule has 1 aromatic carbocycles. The first-order valence-electron chi connectivity index (χ1n) is 18.4. The summed E-state index contributed by atoms with van der Waals surface area (Å²) in [5.41, 5.74) is 1.04. The van der Waals surface area contributed by atoms with Gasteiger partial charge in [0.1, 0.15) is 23.7 Å². The number of hydrogen-bond donors (Lipinski definition) is 3. The molecule has 0 spiro atoms. The molecule has 1 saturated heterocycles. The summed E-state index contributed by atoms with van der Waals surface area (Å²) in [6.07, 6.45) is 5.62. The van der Waals surface area contributed by atoms with Crippen LogP contribution in [0.5, 0.6) is 0 Å². The van der Waals surface area contributed by atoms with Gasteiger partial charge in [0.15, 0.2) is 0 Å². The van der Waals surface area contributed by atoms with Crippen molar-refractivity contribution in [2.45, 2.75) is 121 Å². The van der Waals surface area contributed by atoms with Gasteiger partial charge in [-0.2, -0.15) is 0 Å². The van der Waals surface area contributed by atoms with Gasteiger partial charge in [0.05, 0.1) is 11.8 Å². The number of aryl methyl sites for hydroxylation is 1. The molecule has 2 aliphatic carbocycles. The van der Waals surface area contributed by atoms with Crippen LogP contribution < -0.4 is 15.4 Å². The van der Waals surface area contributed by atoms with Crippen molar-refractivity contribution in [3.63, 3.8) is 0 Å². The molecule has 3 fully saturated rings.